The van der Waals surface area contributed by atoms with Crippen molar-refractivity contribution in [1.29, 1.82) is 0 Å². The van der Waals surface area contributed by atoms with Crippen molar-refractivity contribution in [3.63, 3.8) is 0 Å². The van der Waals surface area contributed by atoms with Crippen LogP contribution in [-0.4, -0.2) is 35.6 Å². The summed E-state index contributed by atoms with van der Waals surface area (Å²) in [6.45, 7) is 1.84. The van der Waals surface area contributed by atoms with Crippen LogP contribution in [0.25, 0.3) is 0 Å². The number of benzene rings is 1. The molecule has 134 valence electrons. The van der Waals surface area contributed by atoms with Crippen LogP contribution in [0.15, 0.2) is 18.2 Å². The summed E-state index contributed by atoms with van der Waals surface area (Å²) < 4.78 is 4.71. The molecule has 2 aliphatic heterocycles. The molecule has 2 aliphatic rings. The summed E-state index contributed by atoms with van der Waals surface area (Å²) in [7, 11) is 0. The van der Waals surface area contributed by atoms with Gasteiger partial charge in [0.15, 0.2) is 0 Å². The zero-order valence-electron chi connectivity index (χ0n) is 13.5. The highest BCUT2D eigenvalue weighted by atomic mass is 32.2. The molecular formula is C15H18N4O5S. The van der Waals surface area contributed by atoms with Crippen LogP contribution in [0.5, 0.6) is 0 Å². The Morgan fingerprint density at radius 3 is 2.92 bits per heavy atom. The Bertz CT molecular complexity index is 698. The molecular weight excluding hydrogens is 348 g/mol. The van der Waals surface area contributed by atoms with Crippen LogP contribution in [0.2, 0.25) is 0 Å². The average Bonchev–Trinajstić information content (AvgIpc) is 3.22. The summed E-state index contributed by atoms with van der Waals surface area (Å²) >= 11 is 1.47. The highest BCUT2D eigenvalue weighted by Crippen LogP contribution is 2.32. The second-order valence-electron chi connectivity index (χ2n) is 5.44. The van der Waals surface area contributed by atoms with E-state index in [2.05, 4.69) is 21.6 Å². The summed E-state index contributed by atoms with van der Waals surface area (Å²) in [4.78, 5) is 40.9. The van der Waals surface area contributed by atoms with E-state index in [0.717, 1.165) is 11.4 Å². The van der Waals surface area contributed by atoms with E-state index in [0.29, 0.717) is 17.7 Å². The van der Waals surface area contributed by atoms with Crippen LogP contribution in [0.1, 0.15) is 23.7 Å². The number of fused-ring (bicyclic) bond motifs is 1. The first-order valence-corrected chi connectivity index (χ1v) is 8.85. The van der Waals surface area contributed by atoms with Gasteiger partial charge in [-0.15, -0.1) is 11.8 Å². The number of thioether (sulfide) groups is 1. The highest BCUT2D eigenvalue weighted by molar-refractivity contribution is 8.00. The fourth-order valence-electron chi connectivity index (χ4n) is 2.57. The molecule has 0 radical (unpaired) electrons. The Morgan fingerprint density at radius 1 is 1.32 bits per heavy atom. The highest BCUT2D eigenvalue weighted by Gasteiger charge is 2.36. The molecule has 0 aliphatic carbocycles. The number of hydrogen-bond donors (Lipinski definition) is 4. The average molecular weight is 366 g/mol. The lowest BCUT2D eigenvalue weighted by molar-refractivity contribution is -0.124. The van der Waals surface area contributed by atoms with Crippen molar-refractivity contribution >= 4 is 41.0 Å². The summed E-state index contributed by atoms with van der Waals surface area (Å²) in [5.41, 5.74) is 7.11. The Morgan fingerprint density at radius 2 is 2.12 bits per heavy atom. The lowest BCUT2D eigenvalue weighted by atomic mass is 10.1. The van der Waals surface area contributed by atoms with E-state index in [1.165, 1.54) is 11.8 Å². The third-order valence-electron chi connectivity index (χ3n) is 3.81. The van der Waals surface area contributed by atoms with E-state index in [1.54, 1.807) is 25.1 Å². The van der Waals surface area contributed by atoms with Crippen LogP contribution in [-0.2, 0) is 14.5 Å². The Labute approximate surface area is 148 Å². The van der Waals surface area contributed by atoms with Gasteiger partial charge in [0.2, 0.25) is 5.91 Å². The Balaban J connectivity index is 1.62. The predicted octanol–water partition coefficient (Wildman–Crippen LogP) is 1.45. The molecule has 0 bridgehead atoms. The molecule has 2 heterocycles. The number of amides is 3. The molecule has 1 aromatic carbocycles. The molecule has 1 aromatic rings. The maximum Gasteiger partial charge on any atom is 0.413 e. The Kier molecular flexibility index (Phi) is 5.29. The van der Waals surface area contributed by atoms with Crippen LogP contribution in [0.3, 0.4) is 0 Å². The summed E-state index contributed by atoms with van der Waals surface area (Å²) in [6.07, 6.45) is -0.198. The second kappa shape index (κ2) is 7.62. The first-order valence-electron chi connectivity index (χ1n) is 7.80. The van der Waals surface area contributed by atoms with Gasteiger partial charge in [-0.05, 0) is 37.3 Å². The first-order chi connectivity index (χ1) is 12.1. The molecule has 1 saturated heterocycles. The van der Waals surface area contributed by atoms with E-state index in [9.17, 15) is 14.4 Å². The van der Waals surface area contributed by atoms with Gasteiger partial charge in [0.1, 0.15) is 0 Å². The van der Waals surface area contributed by atoms with Crippen molar-refractivity contribution in [2.24, 2.45) is 5.92 Å². The zero-order valence-corrected chi connectivity index (χ0v) is 14.3. The number of carbonyl (C=O) groups excluding carboxylic acids is 3. The van der Waals surface area contributed by atoms with Crippen molar-refractivity contribution in [1.82, 2.24) is 10.6 Å². The molecule has 3 rings (SSSR count). The summed E-state index contributed by atoms with van der Waals surface area (Å²) in [5.74, 6) is -0.516. The van der Waals surface area contributed by atoms with Crippen molar-refractivity contribution in [3.05, 3.63) is 23.8 Å². The molecule has 25 heavy (non-hydrogen) atoms. The fourth-order valence-corrected chi connectivity index (χ4v) is 3.89. The number of imide groups is 1. The predicted molar refractivity (Wildman–Crippen MR) is 91.8 cm³/mol. The second-order valence-corrected chi connectivity index (χ2v) is 6.69. The summed E-state index contributed by atoms with van der Waals surface area (Å²) in [6, 6.07) is 5.03. The minimum absolute atomic E-state index is 0.184. The molecule has 0 saturated carbocycles. The number of alkyl carbamates (subject to hydrolysis) is 1. The van der Waals surface area contributed by atoms with Gasteiger partial charge < -0.3 is 10.1 Å². The standard InChI is InChI=1S/C15H18N4O5S/c1-2-23-15(22)17-13(21)9-5-6-25-14(9)16-12(20)8-3-4-10-11(7-8)19-24-18-10/h3-4,7,9,14,18-19H,2,5-6H2,1H3,(H,16,20)(H,17,21,22). The molecule has 2 unspecified atom stereocenters. The number of hydrogen-bond acceptors (Lipinski definition) is 8. The normalized spacial score (nSPS) is 20.8. The topological polar surface area (TPSA) is 118 Å². The third kappa shape index (κ3) is 3.97. The number of anilines is 2. The molecule has 0 spiro atoms. The zero-order chi connectivity index (χ0) is 17.8. The van der Waals surface area contributed by atoms with Crippen molar-refractivity contribution in [2.75, 3.05) is 23.3 Å². The molecule has 9 nitrogen and oxygen atoms in total. The van der Waals surface area contributed by atoms with Gasteiger partial charge in [-0.25, -0.2) is 15.8 Å². The molecule has 10 heteroatoms. The van der Waals surface area contributed by atoms with Crippen molar-refractivity contribution < 1.29 is 24.1 Å². The lowest BCUT2D eigenvalue weighted by Crippen LogP contribution is -2.44. The number of ether oxygens (including phenoxy) is 1. The number of rotatable bonds is 4. The number of nitrogens with one attached hydrogen (secondary N) is 4. The lowest BCUT2D eigenvalue weighted by Gasteiger charge is -2.19. The molecule has 4 N–H and O–H groups in total. The van der Waals surface area contributed by atoms with Crippen molar-refractivity contribution in [2.45, 2.75) is 18.7 Å². The van der Waals surface area contributed by atoms with Crippen LogP contribution in [0.4, 0.5) is 16.2 Å². The Hall–Kier alpha value is -2.46. The van der Waals surface area contributed by atoms with E-state index >= 15 is 0 Å². The monoisotopic (exact) mass is 366 g/mol. The van der Waals surface area contributed by atoms with E-state index in [-0.39, 0.29) is 12.5 Å². The van der Waals surface area contributed by atoms with Crippen molar-refractivity contribution in [3.8, 4) is 0 Å². The van der Waals surface area contributed by atoms with E-state index in [4.69, 9.17) is 9.68 Å². The maximum atomic E-state index is 12.5. The van der Waals surface area contributed by atoms with Gasteiger partial charge in [0, 0.05) is 5.56 Å². The van der Waals surface area contributed by atoms with Crippen LogP contribution in [0, 0.1) is 5.92 Å². The molecule has 2 atom stereocenters. The van der Waals surface area contributed by atoms with Crippen LogP contribution >= 0.6 is 11.8 Å². The van der Waals surface area contributed by atoms with Gasteiger partial charge >= 0.3 is 6.09 Å². The SMILES string of the molecule is CCOC(=O)NC(=O)C1CCSC1NC(=O)c1ccc2c(c1)NON2. The largest absolute Gasteiger partial charge is 0.450 e. The fraction of sp³-hybridized carbons (Fsp3) is 0.400. The van der Waals surface area contributed by atoms with Gasteiger partial charge in [0.25, 0.3) is 5.91 Å². The minimum Gasteiger partial charge on any atom is -0.450 e. The molecule has 0 aromatic heterocycles. The van der Waals surface area contributed by atoms with Gasteiger partial charge in [-0.1, -0.05) is 0 Å². The van der Waals surface area contributed by atoms with Crippen LogP contribution < -0.4 is 21.6 Å². The van der Waals surface area contributed by atoms with Gasteiger partial charge in [0.05, 0.1) is 29.3 Å². The van der Waals surface area contributed by atoms with E-state index < -0.39 is 23.3 Å². The number of carbonyl (C=O) groups is 3. The molecule has 1 fully saturated rings. The quantitative estimate of drug-likeness (QED) is 0.632. The molecule has 3 amide bonds. The summed E-state index contributed by atoms with van der Waals surface area (Å²) in [5, 5.41) is 4.64. The van der Waals surface area contributed by atoms with Gasteiger partial charge in [-0.2, -0.15) is 4.94 Å². The third-order valence-corrected chi connectivity index (χ3v) is 5.08. The maximum absolute atomic E-state index is 12.5. The minimum atomic E-state index is -0.772. The first kappa shape index (κ1) is 17.4. The van der Waals surface area contributed by atoms with E-state index in [1.807, 2.05) is 0 Å². The smallest absolute Gasteiger partial charge is 0.413 e. The van der Waals surface area contributed by atoms with Gasteiger partial charge in [-0.3, -0.25) is 14.9 Å².